The van der Waals surface area contributed by atoms with Crippen molar-refractivity contribution in [3.8, 4) is 5.75 Å². The smallest absolute Gasteiger partial charge is 0.178 e. The fourth-order valence-corrected chi connectivity index (χ4v) is 5.28. The molecule has 0 saturated carbocycles. The van der Waals surface area contributed by atoms with Crippen LogP contribution in [0.2, 0.25) is 0 Å². The minimum atomic E-state index is -0.616. The first-order valence-corrected chi connectivity index (χ1v) is 10.4. The zero-order valence-electron chi connectivity index (χ0n) is 16.3. The van der Waals surface area contributed by atoms with Gasteiger partial charge < -0.3 is 4.74 Å². The molecule has 0 aliphatic carbocycles. The van der Waals surface area contributed by atoms with Crippen molar-refractivity contribution in [2.24, 2.45) is 0 Å². The van der Waals surface area contributed by atoms with Crippen LogP contribution in [0.1, 0.15) is 32.7 Å². The summed E-state index contributed by atoms with van der Waals surface area (Å²) in [5, 5.41) is 1.35. The molecule has 0 N–H and O–H groups in total. The Kier molecular flexibility index (Phi) is 3.92. The van der Waals surface area contributed by atoms with Gasteiger partial charge in [0.25, 0.3) is 0 Å². The number of thiophene rings is 1. The summed E-state index contributed by atoms with van der Waals surface area (Å²) >= 11 is 1.87. The van der Waals surface area contributed by atoms with Crippen LogP contribution < -0.4 is 4.74 Å². The van der Waals surface area contributed by atoms with Gasteiger partial charge in [-0.15, -0.1) is 11.3 Å². The van der Waals surface area contributed by atoms with Crippen LogP contribution in [0, 0.1) is 20.8 Å². The van der Waals surface area contributed by atoms with Crippen molar-refractivity contribution >= 4 is 27.5 Å². The molecule has 1 aliphatic heterocycles. The highest BCUT2D eigenvalue weighted by Gasteiger charge is 2.37. The first kappa shape index (κ1) is 17.3. The largest absolute Gasteiger partial charge is 0.473 e. The second kappa shape index (κ2) is 6.35. The highest BCUT2D eigenvalue weighted by Crippen LogP contribution is 2.47. The first-order valence-electron chi connectivity index (χ1n) is 9.63. The van der Waals surface area contributed by atoms with E-state index in [0.29, 0.717) is 0 Å². The maximum absolute atomic E-state index is 6.90. The Morgan fingerprint density at radius 2 is 1.39 bits per heavy atom. The summed E-state index contributed by atoms with van der Waals surface area (Å²) < 4.78 is 8.23. The zero-order chi connectivity index (χ0) is 19.3. The molecule has 0 saturated heterocycles. The van der Waals surface area contributed by atoms with Crippen molar-refractivity contribution in [1.82, 2.24) is 0 Å². The molecule has 28 heavy (non-hydrogen) atoms. The van der Waals surface area contributed by atoms with Gasteiger partial charge in [-0.2, -0.15) is 0 Å². The van der Waals surface area contributed by atoms with Crippen LogP contribution in [-0.4, -0.2) is 0 Å². The lowest BCUT2D eigenvalue weighted by atomic mass is 9.83. The molecule has 0 amide bonds. The molecule has 0 unspecified atom stereocenters. The predicted octanol–water partition coefficient (Wildman–Crippen LogP) is 7.18. The van der Waals surface area contributed by atoms with Crippen LogP contribution in [0.5, 0.6) is 5.75 Å². The molecule has 0 atom stereocenters. The van der Waals surface area contributed by atoms with Gasteiger partial charge in [0, 0.05) is 31.8 Å². The lowest BCUT2D eigenvalue weighted by Gasteiger charge is -2.37. The minimum absolute atomic E-state index is 0.616. The third kappa shape index (κ3) is 2.45. The lowest BCUT2D eigenvalue weighted by Crippen LogP contribution is -2.34. The number of ether oxygens (including phenoxy) is 1. The van der Waals surface area contributed by atoms with Crippen LogP contribution in [0.25, 0.3) is 16.2 Å². The maximum Gasteiger partial charge on any atom is 0.178 e. The van der Waals surface area contributed by atoms with Crippen LogP contribution in [0.4, 0.5) is 0 Å². The summed E-state index contributed by atoms with van der Waals surface area (Å²) in [5.41, 5.74) is 5.43. The molecule has 0 bridgehead atoms. The molecular formula is C26H22OS. The summed E-state index contributed by atoms with van der Waals surface area (Å²) in [5.74, 6) is 0.990. The van der Waals surface area contributed by atoms with Gasteiger partial charge in [-0.05, 0) is 43.9 Å². The molecule has 138 valence electrons. The van der Waals surface area contributed by atoms with E-state index in [2.05, 4.69) is 99.7 Å². The molecule has 5 rings (SSSR count). The number of aryl methyl sites for hydroxylation is 3. The van der Waals surface area contributed by atoms with E-state index in [9.17, 15) is 0 Å². The van der Waals surface area contributed by atoms with E-state index in [0.717, 1.165) is 22.4 Å². The normalized spacial score (nSPS) is 14.7. The van der Waals surface area contributed by atoms with Crippen LogP contribution >= 0.6 is 11.3 Å². The van der Waals surface area contributed by atoms with Crippen LogP contribution in [0.3, 0.4) is 0 Å². The van der Waals surface area contributed by atoms with E-state index in [1.54, 1.807) is 0 Å². The second-order valence-electron chi connectivity index (χ2n) is 7.48. The summed E-state index contributed by atoms with van der Waals surface area (Å²) in [6.07, 6.45) is 4.44. The van der Waals surface area contributed by atoms with Crippen LogP contribution in [0.15, 0.2) is 72.8 Å². The van der Waals surface area contributed by atoms with Gasteiger partial charge in [0.2, 0.25) is 0 Å². The summed E-state index contributed by atoms with van der Waals surface area (Å²) in [6, 6.07) is 23.3. The van der Waals surface area contributed by atoms with E-state index in [1.807, 2.05) is 11.3 Å². The van der Waals surface area contributed by atoms with Crippen molar-refractivity contribution < 1.29 is 4.74 Å². The SMILES string of the molecule is Cc1sc2c(C)c3c(cc2c1C)C=CC(c1ccccc1)(c1ccccc1)O3. The molecule has 0 fully saturated rings. The standard InChI is InChI=1S/C26H22OS/c1-17-19(3)28-25-18(2)24-20(16-23(17)25)14-15-26(27-24,21-10-6-4-7-11-21)22-12-8-5-9-13-22/h4-16H,1-3H3. The fourth-order valence-electron chi connectivity index (χ4n) is 4.15. The Bertz CT molecular complexity index is 1160. The first-order chi connectivity index (χ1) is 13.6. The van der Waals surface area contributed by atoms with Gasteiger partial charge in [0.05, 0.1) is 0 Å². The number of rotatable bonds is 2. The molecule has 3 aromatic carbocycles. The maximum atomic E-state index is 6.90. The molecule has 0 spiro atoms. The molecule has 1 nitrogen and oxygen atoms in total. The second-order valence-corrected chi connectivity index (χ2v) is 8.71. The molecule has 2 heterocycles. The average Bonchev–Trinajstić information content (AvgIpc) is 3.04. The van der Waals surface area contributed by atoms with E-state index < -0.39 is 5.60 Å². The Labute approximate surface area is 169 Å². The van der Waals surface area contributed by atoms with Gasteiger partial charge in [-0.1, -0.05) is 66.7 Å². The fraction of sp³-hybridized carbons (Fsp3) is 0.154. The van der Waals surface area contributed by atoms with Crippen molar-refractivity contribution in [2.45, 2.75) is 26.4 Å². The summed E-state index contributed by atoms with van der Waals surface area (Å²) in [7, 11) is 0. The van der Waals surface area contributed by atoms with Gasteiger partial charge in [-0.25, -0.2) is 0 Å². The Morgan fingerprint density at radius 1 is 0.786 bits per heavy atom. The quantitative estimate of drug-likeness (QED) is 0.357. The molecular weight excluding hydrogens is 360 g/mol. The van der Waals surface area contributed by atoms with E-state index in [-0.39, 0.29) is 0 Å². The van der Waals surface area contributed by atoms with Crippen molar-refractivity contribution in [3.05, 3.63) is 106 Å². The van der Waals surface area contributed by atoms with Gasteiger partial charge >= 0.3 is 0 Å². The zero-order valence-corrected chi connectivity index (χ0v) is 17.1. The lowest BCUT2D eigenvalue weighted by molar-refractivity contribution is 0.160. The third-order valence-corrected chi connectivity index (χ3v) is 7.18. The van der Waals surface area contributed by atoms with E-state index in [1.165, 1.54) is 26.1 Å². The molecule has 1 aromatic heterocycles. The van der Waals surface area contributed by atoms with Crippen molar-refractivity contribution in [2.75, 3.05) is 0 Å². The summed E-state index contributed by atoms with van der Waals surface area (Å²) in [6.45, 7) is 6.61. The number of benzene rings is 3. The summed E-state index contributed by atoms with van der Waals surface area (Å²) in [4.78, 5) is 1.38. The van der Waals surface area contributed by atoms with E-state index in [4.69, 9.17) is 4.74 Å². The van der Waals surface area contributed by atoms with Gasteiger partial charge in [0.15, 0.2) is 5.60 Å². The van der Waals surface area contributed by atoms with E-state index >= 15 is 0 Å². The molecule has 2 heteroatoms. The number of fused-ring (bicyclic) bond motifs is 2. The monoisotopic (exact) mass is 382 g/mol. The predicted molar refractivity (Wildman–Crippen MR) is 119 cm³/mol. The Hall–Kier alpha value is -2.84. The van der Waals surface area contributed by atoms with Gasteiger partial charge in [-0.3, -0.25) is 0 Å². The van der Waals surface area contributed by atoms with Crippen molar-refractivity contribution in [3.63, 3.8) is 0 Å². The van der Waals surface area contributed by atoms with Crippen molar-refractivity contribution in [1.29, 1.82) is 0 Å². The number of hydrogen-bond donors (Lipinski definition) is 0. The highest BCUT2D eigenvalue weighted by atomic mass is 32.1. The topological polar surface area (TPSA) is 9.23 Å². The average molecular weight is 383 g/mol. The van der Waals surface area contributed by atoms with Gasteiger partial charge in [0.1, 0.15) is 5.75 Å². The Morgan fingerprint density at radius 3 is 2.00 bits per heavy atom. The minimum Gasteiger partial charge on any atom is -0.473 e. The van der Waals surface area contributed by atoms with Crippen LogP contribution in [-0.2, 0) is 5.60 Å². The molecule has 1 aliphatic rings. The number of hydrogen-bond acceptors (Lipinski definition) is 2. The Balaban J connectivity index is 1.77. The molecule has 4 aromatic rings. The molecule has 0 radical (unpaired) electrons. The highest BCUT2D eigenvalue weighted by molar-refractivity contribution is 7.19. The third-order valence-electron chi connectivity index (χ3n) is 5.84.